The normalized spacial score (nSPS) is 10.9. The Morgan fingerprint density at radius 2 is 2.00 bits per heavy atom. The van der Waals surface area contributed by atoms with Crippen molar-refractivity contribution in [1.82, 2.24) is 9.55 Å². The van der Waals surface area contributed by atoms with Crippen molar-refractivity contribution >= 4 is 0 Å². The van der Waals surface area contributed by atoms with E-state index in [1.807, 2.05) is 25.5 Å². The highest BCUT2D eigenvalue weighted by molar-refractivity contribution is 5.55. The molecule has 2 nitrogen and oxygen atoms in total. The number of nitrogens with zero attached hydrogens (tertiary/aromatic N) is 2. The standard InChI is InChI=1S/C13H16N2/c1-10(2)11-6-7-12(14-9-11)13-5-4-8-15(13)3/h4-10H,1-3H3. The van der Waals surface area contributed by atoms with E-state index in [0.717, 1.165) is 11.4 Å². The summed E-state index contributed by atoms with van der Waals surface area (Å²) in [6, 6.07) is 8.36. The second kappa shape index (κ2) is 3.89. The molecule has 2 aromatic heterocycles. The molecule has 0 saturated heterocycles. The minimum atomic E-state index is 0.542. The summed E-state index contributed by atoms with van der Waals surface area (Å²) in [5.41, 5.74) is 3.48. The zero-order valence-corrected chi connectivity index (χ0v) is 9.44. The van der Waals surface area contributed by atoms with Crippen LogP contribution in [0.3, 0.4) is 0 Å². The largest absolute Gasteiger partial charge is 0.349 e. The van der Waals surface area contributed by atoms with Gasteiger partial charge in [-0.3, -0.25) is 4.98 Å². The molecule has 0 fully saturated rings. The van der Waals surface area contributed by atoms with Gasteiger partial charge < -0.3 is 4.57 Å². The van der Waals surface area contributed by atoms with Crippen LogP contribution >= 0.6 is 0 Å². The van der Waals surface area contributed by atoms with Gasteiger partial charge in [0, 0.05) is 19.4 Å². The summed E-state index contributed by atoms with van der Waals surface area (Å²) in [5, 5.41) is 0. The van der Waals surface area contributed by atoms with Crippen LogP contribution in [0.1, 0.15) is 25.3 Å². The van der Waals surface area contributed by atoms with Crippen molar-refractivity contribution in [3.63, 3.8) is 0 Å². The summed E-state index contributed by atoms with van der Waals surface area (Å²) in [6.45, 7) is 4.36. The van der Waals surface area contributed by atoms with Gasteiger partial charge in [0.1, 0.15) is 0 Å². The van der Waals surface area contributed by atoms with Crippen molar-refractivity contribution in [2.45, 2.75) is 19.8 Å². The van der Waals surface area contributed by atoms with Gasteiger partial charge in [0.2, 0.25) is 0 Å². The van der Waals surface area contributed by atoms with Crippen LogP contribution in [0.2, 0.25) is 0 Å². The number of aryl methyl sites for hydroxylation is 1. The molecule has 2 heterocycles. The fourth-order valence-electron chi connectivity index (χ4n) is 1.63. The minimum absolute atomic E-state index is 0.542. The quantitative estimate of drug-likeness (QED) is 0.727. The average Bonchev–Trinajstić information content (AvgIpc) is 2.65. The van der Waals surface area contributed by atoms with E-state index >= 15 is 0 Å². The molecule has 0 aliphatic rings. The Labute approximate surface area is 90.6 Å². The molecule has 0 N–H and O–H groups in total. The summed E-state index contributed by atoms with van der Waals surface area (Å²) in [7, 11) is 2.04. The lowest BCUT2D eigenvalue weighted by atomic mass is 10.1. The Morgan fingerprint density at radius 3 is 2.47 bits per heavy atom. The van der Waals surface area contributed by atoms with E-state index in [4.69, 9.17) is 0 Å². The van der Waals surface area contributed by atoms with Gasteiger partial charge in [0.15, 0.2) is 0 Å². The van der Waals surface area contributed by atoms with Crippen LogP contribution in [0.4, 0.5) is 0 Å². The highest BCUT2D eigenvalue weighted by Gasteiger charge is 2.04. The predicted molar refractivity (Wildman–Crippen MR) is 62.7 cm³/mol. The second-order valence-corrected chi connectivity index (χ2v) is 4.14. The molecular weight excluding hydrogens is 184 g/mol. The third-order valence-corrected chi connectivity index (χ3v) is 2.66. The first-order chi connectivity index (χ1) is 7.18. The third-order valence-electron chi connectivity index (χ3n) is 2.66. The fourth-order valence-corrected chi connectivity index (χ4v) is 1.63. The number of rotatable bonds is 2. The predicted octanol–water partition coefficient (Wildman–Crippen LogP) is 3.21. The van der Waals surface area contributed by atoms with E-state index in [2.05, 4.69) is 41.6 Å². The molecule has 0 saturated carbocycles. The molecule has 0 unspecified atom stereocenters. The molecule has 0 aromatic carbocycles. The van der Waals surface area contributed by atoms with Crippen LogP contribution in [0, 0.1) is 0 Å². The maximum absolute atomic E-state index is 4.48. The van der Waals surface area contributed by atoms with Crippen molar-refractivity contribution in [3.05, 3.63) is 42.2 Å². The van der Waals surface area contributed by atoms with Crippen molar-refractivity contribution in [1.29, 1.82) is 0 Å². The van der Waals surface area contributed by atoms with E-state index in [-0.39, 0.29) is 0 Å². The van der Waals surface area contributed by atoms with Gasteiger partial charge in [0.05, 0.1) is 11.4 Å². The number of hydrogen-bond donors (Lipinski definition) is 0. The molecule has 2 aromatic rings. The smallest absolute Gasteiger partial charge is 0.0866 e. The molecule has 0 bridgehead atoms. The molecule has 2 rings (SSSR count). The van der Waals surface area contributed by atoms with Crippen molar-refractivity contribution in [2.24, 2.45) is 7.05 Å². The lowest BCUT2D eigenvalue weighted by Gasteiger charge is -2.06. The lowest BCUT2D eigenvalue weighted by Crippen LogP contribution is -1.94. The van der Waals surface area contributed by atoms with Gasteiger partial charge in [-0.25, -0.2) is 0 Å². The summed E-state index contributed by atoms with van der Waals surface area (Å²) in [4.78, 5) is 4.48. The number of hydrogen-bond acceptors (Lipinski definition) is 1. The van der Waals surface area contributed by atoms with Gasteiger partial charge in [-0.15, -0.1) is 0 Å². The first-order valence-corrected chi connectivity index (χ1v) is 5.26. The van der Waals surface area contributed by atoms with E-state index < -0.39 is 0 Å². The van der Waals surface area contributed by atoms with Gasteiger partial charge >= 0.3 is 0 Å². The van der Waals surface area contributed by atoms with Crippen LogP contribution in [0.15, 0.2) is 36.7 Å². The lowest BCUT2D eigenvalue weighted by molar-refractivity contribution is 0.857. The highest BCUT2D eigenvalue weighted by atomic mass is 14.9. The molecule has 0 radical (unpaired) electrons. The monoisotopic (exact) mass is 200 g/mol. The molecule has 78 valence electrons. The maximum atomic E-state index is 4.48. The molecule has 2 heteroatoms. The zero-order valence-electron chi connectivity index (χ0n) is 9.44. The van der Waals surface area contributed by atoms with Crippen LogP contribution in [0.5, 0.6) is 0 Å². The number of aromatic nitrogens is 2. The van der Waals surface area contributed by atoms with Crippen molar-refractivity contribution in [2.75, 3.05) is 0 Å². The van der Waals surface area contributed by atoms with Gasteiger partial charge in [-0.05, 0) is 29.7 Å². The molecule has 0 atom stereocenters. The Kier molecular flexibility index (Phi) is 2.58. The van der Waals surface area contributed by atoms with Gasteiger partial charge in [-0.2, -0.15) is 0 Å². The highest BCUT2D eigenvalue weighted by Crippen LogP contribution is 2.19. The molecule has 0 aliphatic heterocycles. The molecule has 15 heavy (non-hydrogen) atoms. The Morgan fingerprint density at radius 1 is 1.20 bits per heavy atom. The summed E-state index contributed by atoms with van der Waals surface area (Å²) in [6.07, 6.45) is 4.00. The van der Waals surface area contributed by atoms with E-state index in [0.29, 0.717) is 5.92 Å². The number of pyridine rings is 1. The van der Waals surface area contributed by atoms with Crippen molar-refractivity contribution in [3.8, 4) is 11.4 Å². The Bertz CT molecular complexity index is 438. The maximum Gasteiger partial charge on any atom is 0.0866 e. The average molecular weight is 200 g/mol. The third kappa shape index (κ3) is 1.94. The Hall–Kier alpha value is -1.57. The minimum Gasteiger partial charge on any atom is -0.349 e. The van der Waals surface area contributed by atoms with Crippen LogP contribution in [0.25, 0.3) is 11.4 Å². The van der Waals surface area contributed by atoms with Crippen LogP contribution in [-0.2, 0) is 7.05 Å². The molecular formula is C13H16N2. The van der Waals surface area contributed by atoms with Crippen LogP contribution < -0.4 is 0 Å². The van der Waals surface area contributed by atoms with E-state index in [1.165, 1.54) is 5.56 Å². The fraction of sp³-hybridized carbons (Fsp3) is 0.308. The SMILES string of the molecule is CC(C)c1ccc(-c2cccn2C)nc1. The Balaban J connectivity index is 2.36. The van der Waals surface area contributed by atoms with Crippen molar-refractivity contribution < 1.29 is 0 Å². The zero-order chi connectivity index (χ0) is 10.8. The topological polar surface area (TPSA) is 17.8 Å². The molecule has 0 aliphatic carbocycles. The molecule has 0 spiro atoms. The van der Waals surface area contributed by atoms with E-state index in [9.17, 15) is 0 Å². The summed E-state index contributed by atoms with van der Waals surface area (Å²) >= 11 is 0. The van der Waals surface area contributed by atoms with Gasteiger partial charge in [0.25, 0.3) is 0 Å². The molecule has 0 amide bonds. The second-order valence-electron chi connectivity index (χ2n) is 4.14. The van der Waals surface area contributed by atoms with Gasteiger partial charge in [-0.1, -0.05) is 19.9 Å². The van der Waals surface area contributed by atoms with E-state index in [1.54, 1.807) is 0 Å². The van der Waals surface area contributed by atoms with Crippen LogP contribution in [-0.4, -0.2) is 9.55 Å². The summed E-state index contributed by atoms with van der Waals surface area (Å²) in [5.74, 6) is 0.542. The first kappa shape index (κ1) is 9.97. The first-order valence-electron chi connectivity index (χ1n) is 5.26. The summed E-state index contributed by atoms with van der Waals surface area (Å²) < 4.78 is 2.08.